The van der Waals surface area contributed by atoms with Crippen LogP contribution in [0, 0.1) is 5.82 Å². The summed E-state index contributed by atoms with van der Waals surface area (Å²) >= 11 is 6.07. The van der Waals surface area contributed by atoms with Crippen LogP contribution in [0.1, 0.15) is 43.8 Å². The van der Waals surface area contributed by atoms with Crippen LogP contribution in [-0.4, -0.2) is 16.5 Å². The second-order valence-corrected chi connectivity index (χ2v) is 5.56. The third kappa shape index (κ3) is 3.91. The first-order valence-electron chi connectivity index (χ1n) is 7.05. The molecule has 1 N–H and O–H groups in total. The first kappa shape index (κ1) is 15.7. The van der Waals surface area contributed by atoms with Crippen LogP contribution in [0.2, 0.25) is 5.02 Å². The minimum Gasteiger partial charge on any atom is -0.370 e. The van der Waals surface area contributed by atoms with E-state index in [1.54, 1.807) is 12.1 Å². The van der Waals surface area contributed by atoms with Crippen molar-refractivity contribution >= 4 is 17.4 Å². The zero-order valence-electron chi connectivity index (χ0n) is 12.5. The lowest BCUT2D eigenvalue weighted by Gasteiger charge is -2.12. The lowest BCUT2D eigenvalue weighted by molar-refractivity contribution is 0.611. The summed E-state index contributed by atoms with van der Waals surface area (Å²) in [6.45, 7) is 6.91. The standard InChI is InChI=1S/C16H19ClFN3/c1-4-19-15-9-14(10(2)3)20-16(21-15)8-11-12(17)6-5-7-13(11)18/h5-7,9-10H,4,8H2,1-3H3,(H,19,20,21). The molecule has 0 aliphatic heterocycles. The third-order valence-corrected chi connectivity index (χ3v) is 3.49. The largest absolute Gasteiger partial charge is 0.370 e. The molecule has 0 spiro atoms. The number of rotatable bonds is 5. The fraction of sp³-hybridized carbons (Fsp3) is 0.375. The molecule has 1 aromatic heterocycles. The van der Waals surface area contributed by atoms with Gasteiger partial charge in [0.2, 0.25) is 0 Å². The summed E-state index contributed by atoms with van der Waals surface area (Å²) in [6, 6.07) is 6.60. The molecule has 0 saturated heterocycles. The van der Waals surface area contributed by atoms with Gasteiger partial charge in [0.1, 0.15) is 17.5 Å². The SMILES string of the molecule is CCNc1cc(C(C)C)nc(Cc2c(F)cccc2Cl)n1. The van der Waals surface area contributed by atoms with E-state index in [0.29, 0.717) is 16.4 Å². The van der Waals surface area contributed by atoms with Crippen LogP contribution in [0.15, 0.2) is 24.3 Å². The normalized spacial score (nSPS) is 11.0. The summed E-state index contributed by atoms with van der Waals surface area (Å²) in [4.78, 5) is 8.95. The van der Waals surface area contributed by atoms with Gasteiger partial charge < -0.3 is 5.32 Å². The van der Waals surface area contributed by atoms with Gasteiger partial charge in [-0.15, -0.1) is 0 Å². The van der Waals surface area contributed by atoms with E-state index in [9.17, 15) is 4.39 Å². The molecular formula is C16H19ClFN3. The molecule has 0 fully saturated rings. The van der Waals surface area contributed by atoms with Gasteiger partial charge in [0.25, 0.3) is 0 Å². The zero-order chi connectivity index (χ0) is 15.4. The molecule has 0 radical (unpaired) electrons. The summed E-state index contributed by atoms with van der Waals surface area (Å²) in [6.07, 6.45) is 0.282. The van der Waals surface area contributed by atoms with E-state index < -0.39 is 0 Å². The van der Waals surface area contributed by atoms with Gasteiger partial charge in [-0.3, -0.25) is 0 Å². The van der Waals surface area contributed by atoms with E-state index in [0.717, 1.165) is 18.1 Å². The highest BCUT2D eigenvalue weighted by molar-refractivity contribution is 6.31. The van der Waals surface area contributed by atoms with Crippen LogP contribution in [0.5, 0.6) is 0 Å². The Morgan fingerprint density at radius 2 is 2.05 bits per heavy atom. The maximum atomic E-state index is 13.9. The summed E-state index contributed by atoms with van der Waals surface area (Å²) in [5.41, 5.74) is 1.37. The van der Waals surface area contributed by atoms with E-state index in [4.69, 9.17) is 11.6 Å². The van der Waals surface area contributed by atoms with Gasteiger partial charge in [0, 0.05) is 35.3 Å². The minimum atomic E-state index is -0.328. The average molecular weight is 308 g/mol. The number of hydrogen-bond donors (Lipinski definition) is 1. The fourth-order valence-corrected chi connectivity index (χ4v) is 2.25. The summed E-state index contributed by atoms with van der Waals surface area (Å²) < 4.78 is 13.9. The molecule has 2 rings (SSSR count). The van der Waals surface area contributed by atoms with Crippen LogP contribution in [0.3, 0.4) is 0 Å². The lowest BCUT2D eigenvalue weighted by Crippen LogP contribution is -2.08. The van der Waals surface area contributed by atoms with Crippen molar-refractivity contribution in [3.63, 3.8) is 0 Å². The number of aromatic nitrogens is 2. The van der Waals surface area contributed by atoms with Crippen LogP contribution < -0.4 is 5.32 Å². The van der Waals surface area contributed by atoms with Gasteiger partial charge in [0.05, 0.1) is 0 Å². The maximum Gasteiger partial charge on any atom is 0.135 e. The number of anilines is 1. The molecule has 112 valence electrons. The van der Waals surface area contributed by atoms with Gasteiger partial charge in [-0.05, 0) is 25.0 Å². The highest BCUT2D eigenvalue weighted by atomic mass is 35.5. The van der Waals surface area contributed by atoms with Crippen molar-refractivity contribution < 1.29 is 4.39 Å². The Hall–Kier alpha value is -1.68. The van der Waals surface area contributed by atoms with E-state index in [2.05, 4.69) is 29.1 Å². The quantitative estimate of drug-likeness (QED) is 0.889. The Balaban J connectivity index is 2.39. The number of nitrogens with zero attached hydrogens (tertiary/aromatic N) is 2. The number of benzene rings is 1. The number of hydrogen-bond acceptors (Lipinski definition) is 3. The summed E-state index contributed by atoms with van der Waals surface area (Å²) in [5.74, 6) is 1.29. The molecule has 0 bridgehead atoms. The first-order valence-corrected chi connectivity index (χ1v) is 7.43. The molecular weight excluding hydrogens is 289 g/mol. The third-order valence-electron chi connectivity index (χ3n) is 3.14. The second-order valence-electron chi connectivity index (χ2n) is 5.16. The van der Waals surface area contributed by atoms with Gasteiger partial charge in [-0.1, -0.05) is 31.5 Å². The topological polar surface area (TPSA) is 37.8 Å². The van der Waals surface area contributed by atoms with Gasteiger partial charge in [-0.25, -0.2) is 14.4 Å². The number of halogens is 2. The Morgan fingerprint density at radius 3 is 2.67 bits per heavy atom. The molecule has 0 saturated carbocycles. The van der Waals surface area contributed by atoms with Crippen molar-refractivity contribution in [1.82, 2.24) is 9.97 Å². The highest BCUT2D eigenvalue weighted by Gasteiger charge is 2.12. The Bertz CT molecular complexity index is 609. The van der Waals surface area contributed by atoms with Gasteiger partial charge >= 0.3 is 0 Å². The van der Waals surface area contributed by atoms with Crippen molar-refractivity contribution in [1.29, 1.82) is 0 Å². The average Bonchev–Trinajstić information content (AvgIpc) is 2.43. The van der Waals surface area contributed by atoms with Crippen molar-refractivity contribution in [3.8, 4) is 0 Å². The minimum absolute atomic E-state index is 0.278. The van der Waals surface area contributed by atoms with Crippen molar-refractivity contribution in [2.45, 2.75) is 33.1 Å². The van der Waals surface area contributed by atoms with Crippen LogP contribution in [0.4, 0.5) is 10.2 Å². The molecule has 0 aliphatic carbocycles. The molecule has 1 heterocycles. The zero-order valence-corrected chi connectivity index (χ0v) is 13.2. The van der Waals surface area contributed by atoms with E-state index in [1.165, 1.54) is 6.07 Å². The van der Waals surface area contributed by atoms with Crippen LogP contribution in [0.25, 0.3) is 0 Å². The molecule has 21 heavy (non-hydrogen) atoms. The van der Waals surface area contributed by atoms with Gasteiger partial charge in [0.15, 0.2) is 0 Å². The Labute approximate surface area is 129 Å². The molecule has 0 unspecified atom stereocenters. The fourth-order valence-electron chi connectivity index (χ4n) is 2.02. The predicted molar refractivity (Wildman–Crippen MR) is 84.5 cm³/mol. The predicted octanol–water partition coefficient (Wildman–Crippen LogP) is 4.42. The second kappa shape index (κ2) is 6.85. The van der Waals surface area contributed by atoms with Crippen molar-refractivity contribution in [3.05, 3.63) is 52.2 Å². The molecule has 1 aromatic carbocycles. The van der Waals surface area contributed by atoms with E-state index in [-0.39, 0.29) is 18.2 Å². The summed E-state index contributed by atoms with van der Waals surface area (Å²) in [5, 5.41) is 3.58. The molecule has 0 aliphatic rings. The maximum absolute atomic E-state index is 13.9. The van der Waals surface area contributed by atoms with Crippen molar-refractivity contribution in [2.75, 3.05) is 11.9 Å². The highest BCUT2D eigenvalue weighted by Crippen LogP contribution is 2.23. The monoisotopic (exact) mass is 307 g/mol. The molecule has 3 nitrogen and oxygen atoms in total. The summed E-state index contributed by atoms with van der Waals surface area (Å²) in [7, 11) is 0. The first-order chi connectivity index (χ1) is 10.0. The van der Waals surface area contributed by atoms with Crippen LogP contribution >= 0.6 is 11.6 Å². The number of nitrogens with one attached hydrogen (secondary N) is 1. The molecule has 0 amide bonds. The smallest absolute Gasteiger partial charge is 0.135 e. The van der Waals surface area contributed by atoms with E-state index >= 15 is 0 Å². The lowest BCUT2D eigenvalue weighted by atomic mass is 10.1. The molecule has 5 heteroatoms. The molecule has 2 aromatic rings. The molecule has 0 atom stereocenters. The van der Waals surface area contributed by atoms with Gasteiger partial charge in [-0.2, -0.15) is 0 Å². The Kier molecular flexibility index (Phi) is 5.12. The van der Waals surface area contributed by atoms with E-state index in [1.807, 2.05) is 13.0 Å². The van der Waals surface area contributed by atoms with Crippen molar-refractivity contribution in [2.24, 2.45) is 0 Å². The Morgan fingerprint density at radius 1 is 1.29 bits per heavy atom. The van der Waals surface area contributed by atoms with Crippen LogP contribution in [-0.2, 0) is 6.42 Å².